The van der Waals surface area contributed by atoms with Crippen molar-refractivity contribution in [2.45, 2.75) is 13.0 Å². The largest absolute Gasteiger partial charge is 0.480 e. The third-order valence-electron chi connectivity index (χ3n) is 3.00. The van der Waals surface area contributed by atoms with Gasteiger partial charge in [0.2, 0.25) is 0 Å². The molecule has 6 nitrogen and oxygen atoms in total. The van der Waals surface area contributed by atoms with Gasteiger partial charge in [-0.3, -0.25) is 0 Å². The maximum absolute atomic E-state index is 11.9. The standard InChI is InChI=1S/C14H19ClN2O4/c1-10(11-3-5-12(15)6-4-11)17(2)14(20)16-7-8-21-9-13(18)19/h3-6,10H,7-9H2,1-2H3,(H,16,20)(H,18,19). The minimum atomic E-state index is -1.03. The van der Waals surface area contributed by atoms with Crippen LogP contribution in [0.5, 0.6) is 0 Å². The monoisotopic (exact) mass is 314 g/mol. The summed E-state index contributed by atoms with van der Waals surface area (Å²) in [4.78, 5) is 23.7. The molecule has 0 radical (unpaired) electrons. The molecule has 2 N–H and O–H groups in total. The highest BCUT2D eigenvalue weighted by molar-refractivity contribution is 6.30. The molecule has 0 saturated carbocycles. The lowest BCUT2D eigenvalue weighted by molar-refractivity contribution is -0.142. The zero-order chi connectivity index (χ0) is 15.8. The van der Waals surface area contributed by atoms with E-state index in [1.165, 1.54) is 0 Å². The van der Waals surface area contributed by atoms with Crippen LogP contribution in [-0.2, 0) is 9.53 Å². The number of carbonyl (C=O) groups excluding carboxylic acids is 1. The summed E-state index contributed by atoms with van der Waals surface area (Å²) in [6.45, 7) is 1.95. The minimum absolute atomic E-state index is 0.109. The number of amides is 2. The number of carboxylic acids is 1. The van der Waals surface area contributed by atoms with Crippen molar-refractivity contribution >= 4 is 23.6 Å². The first kappa shape index (κ1) is 17.3. The second-order valence-corrected chi connectivity index (χ2v) is 4.95. The highest BCUT2D eigenvalue weighted by Gasteiger charge is 2.16. The van der Waals surface area contributed by atoms with Crippen LogP contribution in [0.4, 0.5) is 4.79 Å². The lowest BCUT2D eigenvalue weighted by atomic mass is 10.1. The Bertz CT molecular complexity index is 478. The van der Waals surface area contributed by atoms with Crippen LogP contribution in [0.15, 0.2) is 24.3 Å². The molecule has 0 aromatic heterocycles. The number of nitrogens with one attached hydrogen (secondary N) is 1. The fourth-order valence-corrected chi connectivity index (χ4v) is 1.78. The van der Waals surface area contributed by atoms with E-state index < -0.39 is 5.97 Å². The predicted molar refractivity (Wildman–Crippen MR) is 79.5 cm³/mol. The Morgan fingerprint density at radius 3 is 2.57 bits per heavy atom. The van der Waals surface area contributed by atoms with E-state index in [1.807, 2.05) is 19.1 Å². The number of carbonyl (C=O) groups is 2. The van der Waals surface area contributed by atoms with Gasteiger partial charge in [0, 0.05) is 18.6 Å². The van der Waals surface area contributed by atoms with Crippen LogP contribution < -0.4 is 5.32 Å². The minimum Gasteiger partial charge on any atom is -0.480 e. The molecule has 1 rings (SSSR count). The summed E-state index contributed by atoms with van der Waals surface area (Å²) >= 11 is 5.83. The van der Waals surface area contributed by atoms with Gasteiger partial charge in [0.25, 0.3) is 0 Å². The number of nitrogens with zero attached hydrogens (tertiary/aromatic N) is 1. The second kappa shape index (κ2) is 8.49. The Morgan fingerprint density at radius 2 is 2.00 bits per heavy atom. The van der Waals surface area contributed by atoms with Crippen molar-refractivity contribution in [1.82, 2.24) is 10.2 Å². The van der Waals surface area contributed by atoms with Crippen LogP contribution >= 0.6 is 11.6 Å². The number of rotatable bonds is 7. The van der Waals surface area contributed by atoms with Crippen molar-refractivity contribution in [3.8, 4) is 0 Å². The van der Waals surface area contributed by atoms with Crippen LogP contribution in [0.3, 0.4) is 0 Å². The van der Waals surface area contributed by atoms with Gasteiger partial charge in [0.1, 0.15) is 6.61 Å². The van der Waals surface area contributed by atoms with Gasteiger partial charge in [-0.1, -0.05) is 23.7 Å². The fraction of sp³-hybridized carbons (Fsp3) is 0.429. The van der Waals surface area contributed by atoms with Crippen LogP contribution in [0.25, 0.3) is 0 Å². The smallest absolute Gasteiger partial charge is 0.329 e. The number of hydrogen-bond acceptors (Lipinski definition) is 3. The molecule has 0 aliphatic heterocycles. The van der Waals surface area contributed by atoms with Gasteiger partial charge in [-0.25, -0.2) is 9.59 Å². The van der Waals surface area contributed by atoms with Crippen molar-refractivity contribution in [2.24, 2.45) is 0 Å². The zero-order valence-electron chi connectivity index (χ0n) is 12.0. The first-order valence-corrected chi connectivity index (χ1v) is 6.85. The number of aliphatic carboxylic acids is 1. The molecule has 0 bridgehead atoms. The molecule has 2 amide bonds. The fourth-order valence-electron chi connectivity index (χ4n) is 1.66. The summed E-state index contributed by atoms with van der Waals surface area (Å²) in [6.07, 6.45) is 0. The van der Waals surface area contributed by atoms with Gasteiger partial charge in [-0.05, 0) is 24.6 Å². The summed E-state index contributed by atoms with van der Waals surface area (Å²) in [5, 5.41) is 11.7. The zero-order valence-corrected chi connectivity index (χ0v) is 12.8. The first-order valence-electron chi connectivity index (χ1n) is 6.47. The van der Waals surface area contributed by atoms with Crippen molar-refractivity contribution in [3.63, 3.8) is 0 Å². The molecule has 0 aliphatic carbocycles. The van der Waals surface area contributed by atoms with E-state index in [-0.39, 0.29) is 31.8 Å². The van der Waals surface area contributed by atoms with E-state index in [1.54, 1.807) is 24.1 Å². The van der Waals surface area contributed by atoms with E-state index in [0.29, 0.717) is 5.02 Å². The summed E-state index contributed by atoms with van der Waals surface area (Å²) in [5.41, 5.74) is 0.971. The van der Waals surface area contributed by atoms with Gasteiger partial charge >= 0.3 is 12.0 Å². The molecule has 7 heteroatoms. The number of ether oxygens (including phenoxy) is 1. The Hall–Kier alpha value is -1.79. The van der Waals surface area contributed by atoms with Crippen molar-refractivity contribution in [3.05, 3.63) is 34.9 Å². The maximum Gasteiger partial charge on any atom is 0.329 e. The van der Waals surface area contributed by atoms with Gasteiger partial charge in [-0.2, -0.15) is 0 Å². The Labute approximate surface area is 128 Å². The van der Waals surface area contributed by atoms with Crippen molar-refractivity contribution < 1.29 is 19.4 Å². The summed E-state index contributed by atoms with van der Waals surface area (Å²) < 4.78 is 4.84. The molecule has 0 heterocycles. The molecule has 0 fully saturated rings. The number of carboxylic acid groups (broad SMARTS) is 1. The number of halogens is 1. The van der Waals surface area contributed by atoms with E-state index in [4.69, 9.17) is 21.4 Å². The highest BCUT2D eigenvalue weighted by atomic mass is 35.5. The summed E-state index contributed by atoms with van der Waals surface area (Å²) in [7, 11) is 1.69. The summed E-state index contributed by atoms with van der Waals surface area (Å²) in [5.74, 6) is -1.03. The topological polar surface area (TPSA) is 78.9 Å². The molecule has 0 aliphatic rings. The molecule has 0 saturated heterocycles. The molecule has 0 spiro atoms. The van der Waals surface area contributed by atoms with Gasteiger partial charge in [0.05, 0.1) is 12.6 Å². The van der Waals surface area contributed by atoms with Gasteiger partial charge in [-0.15, -0.1) is 0 Å². The number of benzene rings is 1. The maximum atomic E-state index is 11.9. The Balaban J connectivity index is 2.39. The van der Waals surface area contributed by atoms with E-state index in [9.17, 15) is 9.59 Å². The Morgan fingerprint density at radius 1 is 1.38 bits per heavy atom. The quantitative estimate of drug-likeness (QED) is 0.756. The summed E-state index contributed by atoms with van der Waals surface area (Å²) in [6, 6.07) is 6.93. The van der Waals surface area contributed by atoms with Crippen LogP contribution in [-0.4, -0.2) is 48.8 Å². The molecule has 1 aromatic carbocycles. The first-order chi connectivity index (χ1) is 9.91. The highest BCUT2D eigenvalue weighted by Crippen LogP contribution is 2.20. The molecule has 1 aromatic rings. The molecular formula is C14H19ClN2O4. The van der Waals surface area contributed by atoms with E-state index in [0.717, 1.165) is 5.56 Å². The normalized spacial score (nSPS) is 11.8. The van der Waals surface area contributed by atoms with Crippen LogP contribution in [0, 0.1) is 0 Å². The predicted octanol–water partition coefficient (Wildman–Crippen LogP) is 2.14. The van der Waals surface area contributed by atoms with Crippen molar-refractivity contribution in [2.75, 3.05) is 26.8 Å². The van der Waals surface area contributed by atoms with E-state index >= 15 is 0 Å². The Kier molecular flexibility index (Phi) is 6.98. The average molecular weight is 315 g/mol. The van der Waals surface area contributed by atoms with Crippen LogP contribution in [0.2, 0.25) is 5.02 Å². The lowest BCUT2D eigenvalue weighted by Crippen LogP contribution is -2.40. The molecule has 21 heavy (non-hydrogen) atoms. The van der Waals surface area contributed by atoms with Crippen molar-refractivity contribution in [1.29, 1.82) is 0 Å². The van der Waals surface area contributed by atoms with E-state index in [2.05, 4.69) is 5.32 Å². The van der Waals surface area contributed by atoms with Gasteiger partial charge in [0.15, 0.2) is 0 Å². The van der Waals surface area contributed by atoms with Gasteiger partial charge < -0.3 is 20.1 Å². The molecule has 1 unspecified atom stereocenters. The third kappa shape index (κ3) is 6.01. The molecule has 116 valence electrons. The number of urea groups is 1. The lowest BCUT2D eigenvalue weighted by Gasteiger charge is -2.25. The molecule has 1 atom stereocenters. The average Bonchev–Trinajstić information content (AvgIpc) is 2.45. The third-order valence-corrected chi connectivity index (χ3v) is 3.25. The second-order valence-electron chi connectivity index (χ2n) is 4.52. The molecular weight excluding hydrogens is 296 g/mol. The number of hydrogen-bond donors (Lipinski definition) is 2. The van der Waals surface area contributed by atoms with Crippen LogP contribution in [0.1, 0.15) is 18.5 Å². The SMILES string of the molecule is CC(c1ccc(Cl)cc1)N(C)C(=O)NCCOCC(=O)O.